The van der Waals surface area contributed by atoms with Crippen LogP contribution in [0.25, 0.3) is 0 Å². The third kappa shape index (κ3) is 2.95. The second kappa shape index (κ2) is 6.07. The number of anilines is 2. The normalized spacial score (nSPS) is 9.68. The summed E-state index contributed by atoms with van der Waals surface area (Å²) in [6.45, 7) is 3.69. The van der Waals surface area contributed by atoms with E-state index in [1.807, 2.05) is 60.7 Å². The number of carbonyl (C=O) groups excluding carboxylic acids is 1. The fourth-order valence-corrected chi connectivity index (χ4v) is 1.83. The molecule has 0 unspecified atom stereocenters. The average Bonchev–Trinajstić information content (AvgIpc) is 2.49. The first-order valence-electron chi connectivity index (χ1n) is 5.82. The summed E-state index contributed by atoms with van der Waals surface area (Å²) in [7, 11) is 0. The molecule has 0 radical (unpaired) electrons. The topological polar surface area (TPSA) is 20.3 Å². The Kier molecular flexibility index (Phi) is 4.21. The van der Waals surface area contributed by atoms with Crippen LogP contribution in [0.2, 0.25) is 0 Å². The maximum Gasteiger partial charge on any atom is 0.263 e. The second-order valence-electron chi connectivity index (χ2n) is 3.95. The number of rotatable bonds is 4. The monoisotopic (exact) mass is 267 g/mol. The van der Waals surface area contributed by atoms with E-state index in [-0.39, 0.29) is 5.91 Å². The molecule has 0 aliphatic rings. The molecule has 0 saturated carbocycles. The molecule has 0 saturated heterocycles. The van der Waals surface area contributed by atoms with E-state index in [0.717, 1.165) is 11.4 Å². The highest BCUT2D eigenvalue weighted by Gasteiger charge is 2.18. The Morgan fingerprint density at radius 2 is 1.37 bits per heavy atom. The second-order valence-corrected chi connectivity index (χ2v) is 4.19. The van der Waals surface area contributed by atoms with Crippen LogP contribution < -0.4 is 4.90 Å². The third-order valence-corrected chi connectivity index (χ3v) is 2.93. The molecule has 0 atom stereocenters. The maximum atomic E-state index is 12.4. The van der Waals surface area contributed by atoms with Crippen molar-refractivity contribution in [2.75, 3.05) is 4.90 Å². The SMILES string of the molecule is C=C(C=S)C(=O)N(c1ccccc1)c1ccccc1. The van der Waals surface area contributed by atoms with Gasteiger partial charge in [-0.05, 0) is 24.3 Å². The Labute approximate surface area is 118 Å². The van der Waals surface area contributed by atoms with Crippen molar-refractivity contribution < 1.29 is 4.79 Å². The lowest BCUT2D eigenvalue weighted by Gasteiger charge is -2.23. The molecular weight excluding hydrogens is 254 g/mol. The highest BCUT2D eigenvalue weighted by Crippen LogP contribution is 2.26. The number of thiocarbonyl (C=S) groups is 1. The fourth-order valence-electron chi connectivity index (χ4n) is 1.73. The van der Waals surface area contributed by atoms with Crippen molar-refractivity contribution in [2.24, 2.45) is 0 Å². The number of amides is 1. The van der Waals surface area contributed by atoms with Crippen LogP contribution in [0.3, 0.4) is 0 Å². The number of hydrogen-bond acceptors (Lipinski definition) is 2. The van der Waals surface area contributed by atoms with Crippen LogP contribution in [0, 0.1) is 0 Å². The zero-order valence-corrected chi connectivity index (χ0v) is 11.1. The number of para-hydroxylation sites is 2. The molecule has 0 N–H and O–H groups in total. The Bertz CT molecular complexity index is 553. The van der Waals surface area contributed by atoms with Gasteiger partial charge in [0.25, 0.3) is 5.91 Å². The molecule has 2 nitrogen and oxygen atoms in total. The van der Waals surface area contributed by atoms with Gasteiger partial charge in [-0.1, -0.05) is 55.2 Å². The van der Waals surface area contributed by atoms with Gasteiger partial charge in [0.05, 0.1) is 0 Å². The number of nitrogens with zero attached hydrogens (tertiary/aromatic N) is 1. The van der Waals surface area contributed by atoms with Crippen LogP contribution in [-0.4, -0.2) is 11.3 Å². The van der Waals surface area contributed by atoms with Crippen molar-refractivity contribution in [3.8, 4) is 0 Å². The molecule has 0 aliphatic heterocycles. The van der Waals surface area contributed by atoms with Gasteiger partial charge in [0.15, 0.2) is 0 Å². The highest BCUT2D eigenvalue weighted by molar-refractivity contribution is 7.79. The number of benzene rings is 2. The van der Waals surface area contributed by atoms with Gasteiger partial charge in [-0.15, -0.1) is 0 Å². The van der Waals surface area contributed by atoms with E-state index in [4.69, 9.17) is 12.2 Å². The Morgan fingerprint density at radius 1 is 0.947 bits per heavy atom. The van der Waals surface area contributed by atoms with Crippen molar-refractivity contribution in [3.63, 3.8) is 0 Å². The largest absolute Gasteiger partial charge is 0.277 e. The van der Waals surface area contributed by atoms with Crippen molar-refractivity contribution >= 4 is 34.9 Å². The molecule has 2 aromatic rings. The van der Waals surface area contributed by atoms with Gasteiger partial charge < -0.3 is 0 Å². The molecule has 2 aromatic carbocycles. The summed E-state index contributed by atoms with van der Waals surface area (Å²) < 4.78 is 0. The van der Waals surface area contributed by atoms with Gasteiger partial charge in [0.2, 0.25) is 0 Å². The molecular formula is C16H13NOS. The summed E-state index contributed by atoms with van der Waals surface area (Å²) in [5, 5.41) is 1.31. The molecule has 0 spiro atoms. The Morgan fingerprint density at radius 3 is 1.74 bits per heavy atom. The molecule has 0 heterocycles. The minimum Gasteiger partial charge on any atom is -0.277 e. The molecule has 2 rings (SSSR count). The quantitative estimate of drug-likeness (QED) is 0.618. The average molecular weight is 267 g/mol. The van der Waals surface area contributed by atoms with Crippen LogP contribution >= 0.6 is 12.2 Å². The van der Waals surface area contributed by atoms with Gasteiger partial charge in [-0.3, -0.25) is 9.69 Å². The van der Waals surface area contributed by atoms with Gasteiger partial charge in [-0.25, -0.2) is 0 Å². The van der Waals surface area contributed by atoms with E-state index in [9.17, 15) is 4.79 Å². The number of carbonyl (C=O) groups is 1. The van der Waals surface area contributed by atoms with Crippen molar-refractivity contribution in [1.82, 2.24) is 0 Å². The van der Waals surface area contributed by atoms with Gasteiger partial charge in [0.1, 0.15) is 0 Å². The molecule has 94 valence electrons. The lowest BCUT2D eigenvalue weighted by Crippen LogP contribution is -2.27. The lowest BCUT2D eigenvalue weighted by molar-refractivity contribution is -0.113. The zero-order chi connectivity index (χ0) is 13.7. The third-order valence-electron chi connectivity index (χ3n) is 2.65. The van der Waals surface area contributed by atoms with Gasteiger partial charge >= 0.3 is 0 Å². The summed E-state index contributed by atoms with van der Waals surface area (Å²) in [6, 6.07) is 18.9. The summed E-state index contributed by atoms with van der Waals surface area (Å²) in [5.74, 6) is -0.215. The standard InChI is InChI=1S/C16H13NOS/c1-13(12-19)16(18)17(14-8-4-2-5-9-14)15-10-6-3-7-11-15/h2-12H,1H2. The molecule has 0 bridgehead atoms. The smallest absolute Gasteiger partial charge is 0.263 e. The van der Waals surface area contributed by atoms with Gasteiger partial charge in [-0.2, -0.15) is 0 Å². The van der Waals surface area contributed by atoms with Crippen molar-refractivity contribution in [3.05, 3.63) is 72.8 Å². The molecule has 0 aliphatic carbocycles. The van der Waals surface area contributed by atoms with Crippen LogP contribution in [0.1, 0.15) is 0 Å². The van der Waals surface area contributed by atoms with Crippen LogP contribution in [0.5, 0.6) is 0 Å². The van der Waals surface area contributed by atoms with E-state index < -0.39 is 0 Å². The van der Waals surface area contributed by atoms with Crippen molar-refractivity contribution in [2.45, 2.75) is 0 Å². The molecule has 1 amide bonds. The summed E-state index contributed by atoms with van der Waals surface area (Å²) >= 11 is 4.80. The predicted octanol–water partition coefficient (Wildman–Crippen LogP) is 3.91. The van der Waals surface area contributed by atoms with E-state index in [0.29, 0.717) is 5.57 Å². The van der Waals surface area contributed by atoms with E-state index in [1.54, 1.807) is 4.90 Å². The molecule has 0 fully saturated rings. The predicted molar refractivity (Wildman–Crippen MR) is 82.8 cm³/mol. The maximum absolute atomic E-state index is 12.4. The molecule has 3 heteroatoms. The Hall–Kier alpha value is -2.26. The summed E-state index contributed by atoms with van der Waals surface area (Å²) in [6.07, 6.45) is 0. The van der Waals surface area contributed by atoms with E-state index in [1.165, 1.54) is 5.37 Å². The zero-order valence-electron chi connectivity index (χ0n) is 10.3. The first kappa shape index (κ1) is 13.2. The lowest BCUT2D eigenvalue weighted by atomic mass is 10.2. The van der Waals surface area contributed by atoms with Crippen LogP contribution in [0.15, 0.2) is 72.8 Å². The minimum atomic E-state index is -0.215. The van der Waals surface area contributed by atoms with Crippen LogP contribution in [-0.2, 0) is 4.79 Å². The molecule has 0 aromatic heterocycles. The van der Waals surface area contributed by atoms with Gasteiger partial charge in [0, 0.05) is 22.3 Å². The first-order valence-corrected chi connectivity index (χ1v) is 6.30. The number of hydrogen-bond donors (Lipinski definition) is 0. The highest BCUT2D eigenvalue weighted by atomic mass is 32.1. The van der Waals surface area contributed by atoms with E-state index in [2.05, 4.69) is 6.58 Å². The Balaban J connectivity index is 2.49. The van der Waals surface area contributed by atoms with Crippen molar-refractivity contribution in [1.29, 1.82) is 0 Å². The minimum absolute atomic E-state index is 0.215. The van der Waals surface area contributed by atoms with Crippen LogP contribution in [0.4, 0.5) is 11.4 Å². The summed E-state index contributed by atoms with van der Waals surface area (Å²) in [4.78, 5) is 14.0. The molecule has 19 heavy (non-hydrogen) atoms. The van der Waals surface area contributed by atoms with E-state index >= 15 is 0 Å². The first-order chi connectivity index (χ1) is 9.24. The fraction of sp³-hybridized carbons (Fsp3) is 0. The summed E-state index contributed by atoms with van der Waals surface area (Å²) in [5.41, 5.74) is 1.87.